The lowest BCUT2D eigenvalue weighted by atomic mass is 10.3. The second-order valence-corrected chi connectivity index (χ2v) is 1.96. The van der Waals surface area contributed by atoms with Crippen LogP contribution in [0, 0.1) is 5.41 Å². The van der Waals surface area contributed by atoms with E-state index in [2.05, 4.69) is 15.2 Å². The lowest BCUT2D eigenvalue weighted by molar-refractivity contribution is -0.139. The Morgan fingerprint density at radius 3 is 2.50 bits per heavy atom. The standard InChI is InChI=1S/C6H10N2O4/c1-11-5(9)2-4(7)3-12-6(8)10/h7H,2-3H2,1H3,(H2,8,10). The summed E-state index contributed by atoms with van der Waals surface area (Å²) in [6.07, 6.45) is -1.16. The first kappa shape index (κ1) is 10.4. The van der Waals surface area contributed by atoms with Crippen molar-refractivity contribution in [1.82, 2.24) is 0 Å². The minimum atomic E-state index is -0.968. The molecule has 0 bridgehead atoms. The molecule has 0 aliphatic rings. The van der Waals surface area contributed by atoms with Crippen molar-refractivity contribution in [2.45, 2.75) is 6.42 Å². The molecule has 0 atom stereocenters. The van der Waals surface area contributed by atoms with E-state index in [0.717, 1.165) is 0 Å². The van der Waals surface area contributed by atoms with Gasteiger partial charge in [-0.3, -0.25) is 4.79 Å². The molecule has 0 fully saturated rings. The van der Waals surface area contributed by atoms with E-state index in [1.54, 1.807) is 0 Å². The second-order valence-electron chi connectivity index (χ2n) is 1.96. The van der Waals surface area contributed by atoms with E-state index in [1.165, 1.54) is 7.11 Å². The molecule has 0 heterocycles. The fourth-order valence-corrected chi connectivity index (χ4v) is 0.456. The van der Waals surface area contributed by atoms with Crippen molar-refractivity contribution in [2.75, 3.05) is 13.7 Å². The van der Waals surface area contributed by atoms with Gasteiger partial charge in [-0.05, 0) is 0 Å². The van der Waals surface area contributed by atoms with Gasteiger partial charge in [-0.25, -0.2) is 4.79 Å². The van der Waals surface area contributed by atoms with E-state index >= 15 is 0 Å². The van der Waals surface area contributed by atoms with Crippen molar-refractivity contribution >= 4 is 17.8 Å². The Bertz CT molecular complexity index is 202. The van der Waals surface area contributed by atoms with Crippen LogP contribution in [0.25, 0.3) is 0 Å². The van der Waals surface area contributed by atoms with Crippen LogP contribution < -0.4 is 5.73 Å². The average Bonchev–Trinajstić information content (AvgIpc) is 2.00. The molecule has 0 aromatic rings. The van der Waals surface area contributed by atoms with E-state index in [9.17, 15) is 9.59 Å². The van der Waals surface area contributed by atoms with E-state index in [1.807, 2.05) is 0 Å². The van der Waals surface area contributed by atoms with Crippen molar-refractivity contribution in [1.29, 1.82) is 5.41 Å². The highest BCUT2D eigenvalue weighted by Crippen LogP contribution is 1.88. The van der Waals surface area contributed by atoms with Gasteiger partial charge in [-0.2, -0.15) is 0 Å². The zero-order valence-electron chi connectivity index (χ0n) is 6.62. The monoisotopic (exact) mass is 174 g/mol. The molecule has 0 aromatic carbocycles. The lowest BCUT2D eigenvalue weighted by Crippen LogP contribution is -2.20. The minimum Gasteiger partial charge on any atom is -0.469 e. The van der Waals surface area contributed by atoms with Gasteiger partial charge in [0.1, 0.15) is 6.61 Å². The molecule has 0 aliphatic carbocycles. The molecule has 12 heavy (non-hydrogen) atoms. The molecule has 0 spiro atoms. The summed E-state index contributed by atoms with van der Waals surface area (Å²) < 4.78 is 8.53. The van der Waals surface area contributed by atoms with Gasteiger partial charge >= 0.3 is 12.1 Å². The molecular weight excluding hydrogens is 164 g/mol. The SMILES string of the molecule is COC(=O)CC(=N)COC(N)=O. The summed E-state index contributed by atoms with van der Waals surface area (Å²) in [7, 11) is 1.21. The van der Waals surface area contributed by atoms with Crippen LogP contribution in [0.5, 0.6) is 0 Å². The minimum absolute atomic E-state index is 0.0550. The highest BCUT2D eigenvalue weighted by molar-refractivity contribution is 5.98. The van der Waals surface area contributed by atoms with Crippen LogP contribution in [0.3, 0.4) is 0 Å². The number of nitrogens with one attached hydrogen (secondary N) is 1. The van der Waals surface area contributed by atoms with Crippen molar-refractivity contribution in [3.63, 3.8) is 0 Å². The summed E-state index contributed by atoms with van der Waals surface area (Å²) >= 11 is 0. The number of methoxy groups -OCH3 is 1. The third kappa shape index (κ3) is 5.21. The molecule has 6 heteroatoms. The van der Waals surface area contributed by atoms with Crippen LogP contribution >= 0.6 is 0 Å². The molecule has 0 aliphatic heterocycles. The summed E-state index contributed by atoms with van der Waals surface area (Å²) in [5.74, 6) is -0.548. The van der Waals surface area contributed by atoms with Crippen molar-refractivity contribution in [3.8, 4) is 0 Å². The molecule has 1 amide bonds. The van der Waals surface area contributed by atoms with Crippen LogP contribution in [0.1, 0.15) is 6.42 Å². The van der Waals surface area contributed by atoms with Gasteiger partial charge in [-0.15, -0.1) is 0 Å². The maximum absolute atomic E-state index is 10.5. The predicted molar refractivity (Wildman–Crippen MR) is 39.9 cm³/mol. The van der Waals surface area contributed by atoms with Gasteiger partial charge in [-0.1, -0.05) is 0 Å². The molecule has 0 unspecified atom stereocenters. The number of nitrogens with two attached hydrogens (primary N) is 1. The Morgan fingerprint density at radius 2 is 2.08 bits per heavy atom. The van der Waals surface area contributed by atoms with Crippen LogP contribution in [0.2, 0.25) is 0 Å². The molecule has 0 aromatic heterocycles. The molecule has 0 rings (SSSR count). The number of hydrogen-bond donors (Lipinski definition) is 2. The quantitative estimate of drug-likeness (QED) is 0.449. The topological polar surface area (TPSA) is 102 Å². The maximum atomic E-state index is 10.5. The number of ether oxygens (including phenoxy) is 2. The first-order chi connectivity index (χ1) is 5.56. The van der Waals surface area contributed by atoms with E-state index < -0.39 is 12.1 Å². The first-order valence-corrected chi connectivity index (χ1v) is 3.11. The zero-order valence-corrected chi connectivity index (χ0v) is 6.62. The maximum Gasteiger partial charge on any atom is 0.404 e. The molecule has 68 valence electrons. The van der Waals surface area contributed by atoms with Crippen molar-refractivity contribution in [2.24, 2.45) is 5.73 Å². The average molecular weight is 174 g/mol. The van der Waals surface area contributed by atoms with Gasteiger partial charge in [0.05, 0.1) is 19.2 Å². The highest BCUT2D eigenvalue weighted by Gasteiger charge is 2.06. The Balaban J connectivity index is 3.60. The smallest absolute Gasteiger partial charge is 0.404 e. The third-order valence-electron chi connectivity index (χ3n) is 0.974. The largest absolute Gasteiger partial charge is 0.469 e. The number of rotatable bonds is 4. The van der Waals surface area contributed by atoms with E-state index in [4.69, 9.17) is 5.41 Å². The molecule has 0 saturated carbocycles. The van der Waals surface area contributed by atoms with Gasteiger partial charge < -0.3 is 20.6 Å². The summed E-state index contributed by atoms with van der Waals surface area (Å²) in [6, 6.07) is 0. The van der Waals surface area contributed by atoms with Gasteiger partial charge in [0.15, 0.2) is 0 Å². The number of carbonyl (C=O) groups is 2. The molecular formula is C6H10N2O4. The normalized spacial score (nSPS) is 8.75. The number of amides is 1. The zero-order chi connectivity index (χ0) is 9.56. The molecule has 0 radical (unpaired) electrons. The Labute approximate surface area is 69.1 Å². The van der Waals surface area contributed by atoms with Gasteiger partial charge in [0, 0.05) is 0 Å². The highest BCUT2D eigenvalue weighted by atomic mass is 16.5. The van der Waals surface area contributed by atoms with Crippen LogP contribution in [-0.2, 0) is 14.3 Å². The lowest BCUT2D eigenvalue weighted by Gasteiger charge is -2.01. The third-order valence-corrected chi connectivity index (χ3v) is 0.974. The van der Waals surface area contributed by atoms with E-state index in [-0.39, 0.29) is 18.7 Å². The van der Waals surface area contributed by atoms with Gasteiger partial charge in [0.25, 0.3) is 0 Å². The Hall–Kier alpha value is -1.59. The number of primary amides is 1. The first-order valence-electron chi connectivity index (χ1n) is 3.11. The number of carbonyl (C=O) groups excluding carboxylic acids is 2. The predicted octanol–water partition coefficient (Wildman–Crippen LogP) is -0.335. The summed E-state index contributed by atoms with van der Waals surface area (Å²) in [6.45, 7) is -0.273. The molecule has 6 nitrogen and oxygen atoms in total. The summed E-state index contributed by atoms with van der Waals surface area (Å²) in [4.78, 5) is 20.6. The van der Waals surface area contributed by atoms with Crippen LogP contribution in [0.15, 0.2) is 0 Å². The van der Waals surface area contributed by atoms with Crippen molar-refractivity contribution in [3.05, 3.63) is 0 Å². The second kappa shape index (κ2) is 5.11. The molecule has 0 saturated heterocycles. The van der Waals surface area contributed by atoms with Crippen LogP contribution in [-0.4, -0.2) is 31.5 Å². The summed E-state index contributed by atoms with van der Waals surface area (Å²) in [5, 5.41) is 7.08. The Morgan fingerprint density at radius 1 is 1.50 bits per heavy atom. The summed E-state index contributed by atoms with van der Waals surface area (Å²) in [5.41, 5.74) is 4.58. The fraction of sp³-hybridized carbons (Fsp3) is 0.500. The Kier molecular flexibility index (Phi) is 4.43. The number of esters is 1. The molecule has 3 N–H and O–H groups in total. The van der Waals surface area contributed by atoms with Crippen LogP contribution in [0.4, 0.5) is 4.79 Å². The van der Waals surface area contributed by atoms with Gasteiger partial charge in [0.2, 0.25) is 0 Å². The fourth-order valence-electron chi connectivity index (χ4n) is 0.456. The van der Waals surface area contributed by atoms with E-state index in [0.29, 0.717) is 0 Å². The van der Waals surface area contributed by atoms with Crippen molar-refractivity contribution < 1.29 is 19.1 Å². The number of hydrogen-bond acceptors (Lipinski definition) is 5.